The molecule has 0 bridgehead atoms. The quantitative estimate of drug-likeness (QED) is 0.731. The number of aromatic nitrogens is 2. The van der Waals surface area contributed by atoms with Crippen molar-refractivity contribution in [2.24, 2.45) is 0 Å². The Morgan fingerprint density at radius 1 is 1.05 bits per heavy atom. The molecule has 22 heavy (non-hydrogen) atoms. The molecular weight excluding hydrogens is 280 g/mol. The molecule has 0 unspecified atom stereocenters. The van der Waals surface area contributed by atoms with Crippen LogP contribution in [0.5, 0.6) is 11.5 Å². The van der Waals surface area contributed by atoms with E-state index < -0.39 is 0 Å². The van der Waals surface area contributed by atoms with E-state index in [1.54, 1.807) is 20.3 Å². The van der Waals surface area contributed by atoms with Crippen molar-refractivity contribution < 1.29 is 9.47 Å². The molecule has 0 aliphatic carbocycles. The number of anilines is 2. The molecule has 0 fully saturated rings. The number of benzene rings is 1. The molecule has 0 saturated heterocycles. The predicted molar refractivity (Wildman–Crippen MR) is 87.6 cm³/mol. The highest BCUT2D eigenvalue weighted by Gasteiger charge is 2.05. The fourth-order valence-electron chi connectivity index (χ4n) is 1.91. The number of rotatable bonds is 8. The van der Waals surface area contributed by atoms with E-state index in [0.717, 1.165) is 17.2 Å². The van der Waals surface area contributed by atoms with Crippen LogP contribution in [0.4, 0.5) is 11.6 Å². The van der Waals surface area contributed by atoms with E-state index in [1.165, 1.54) is 6.33 Å². The molecule has 0 aliphatic heterocycles. The molecule has 2 aromatic rings. The van der Waals surface area contributed by atoms with Crippen LogP contribution in [0.15, 0.2) is 43.2 Å². The summed E-state index contributed by atoms with van der Waals surface area (Å²) in [5.74, 6) is 2.92. The van der Waals surface area contributed by atoms with Gasteiger partial charge in [0.25, 0.3) is 0 Å². The third kappa shape index (κ3) is 4.12. The van der Waals surface area contributed by atoms with Crippen molar-refractivity contribution in [3.63, 3.8) is 0 Å². The van der Waals surface area contributed by atoms with Crippen molar-refractivity contribution in [2.75, 3.05) is 31.4 Å². The van der Waals surface area contributed by atoms with Crippen LogP contribution in [0.2, 0.25) is 0 Å². The molecule has 1 aromatic carbocycles. The number of ether oxygens (including phenoxy) is 2. The zero-order chi connectivity index (χ0) is 15.8. The third-order valence-corrected chi connectivity index (χ3v) is 3.02. The van der Waals surface area contributed by atoms with Crippen LogP contribution in [0.3, 0.4) is 0 Å². The van der Waals surface area contributed by atoms with Gasteiger partial charge in [-0.1, -0.05) is 12.1 Å². The summed E-state index contributed by atoms with van der Waals surface area (Å²) in [6.45, 7) is 4.94. The topological polar surface area (TPSA) is 68.3 Å². The lowest BCUT2D eigenvalue weighted by atomic mass is 10.2. The number of hydrogen-bond donors (Lipinski definition) is 2. The zero-order valence-electron chi connectivity index (χ0n) is 12.8. The molecule has 0 saturated carbocycles. The summed E-state index contributed by atoms with van der Waals surface area (Å²) in [6.07, 6.45) is 3.29. The summed E-state index contributed by atoms with van der Waals surface area (Å²) in [4.78, 5) is 8.33. The number of methoxy groups -OCH3 is 2. The fraction of sp³-hybridized carbons (Fsp3) is 0.250. The van der Waals surface area contributed by atoms with Gasteiger partial charge in [0.05, 0.1) is 14.2 Å². The largest absolute Gasteiger partial charge is 0.493 e. The number of nitrogens with zero attached hydrogens (tertiary/aromatic N) is 2. The Labute approximate surface area is 130 Å². The van der Waals surface area contributed by atoms with E-state index in [9.17, 15) is 0 Å². The molecule has 1 aromatic heterocycles. The van der Waals surface area contributed by atoms with Crippen LogP contribution in [-0.2, 0) is 6.54 Å². The molecular formula is C16H20N4O2. The van der Waals surface area contributed by atoms with Gasteiger partial charge in [0.2, 0.25) is 0 Å². The first kappa shape index (κ1) is 15.6. The Hall–Kier alpha value is -2.76. The Morgan fingerprint density at radius 3 is 2.45 bits per heavy atom. The second kappa shape index (κ2) is 7.87. The average molecular weight is 300 g/mol. The van der Waals surface area contributed by atoms with Crippen LogP contribution in [-0.4, -0.2) is 30.7 Å². The van der Waals surface area contributed by atoms with Gasteiger partial charge in [-0.25, -0.2) is 9.97 Å². The highest BCUT2D eigenvalue weighted by Crippen LogP contribution is 2.27. The second-order valence-electron chi connectivity index (χ2n) is 4.50. The number of hydrogen-bond acceptors (Lipinski definition) is 6. The molecule has 2 N–H and O–H groups in total. The molecule has 0 amide bonds. The Balaban J connectivity index is 2.02. The van der Waals surface area contributed by atoms with Gasteiger partial charge in [-0.3, -0.25) is 0 Å². The van der Waals surface area contributed by atoms with Crippen LogP contribution in [0.1, 0.15) is 5.56 Å². The van der Waals surface area contributed by atoms with Gasteiger partial charge in [0.15, 0.2) is 11.5 Å². The lowest BCUT2D eigenvalue weighted by Crippen LogP contribution is -2.05. The lowest BCUT2D eigenvalue weighted by Gasteiger charge is -2.11. The van der Waals surface area contributed by atoms with Gasteiger partial charge in [-0.2, -0.15) is 0 Å². The highest BCUT2D eigenvalue weighted by molar-refractivity contribution is 5.48. The molecule has 6 nitrogen and oxygen atoms in total. The van der Waals surface area contributed by atoms with E-state index >= 15 is 0 Å². The Kier molecular flexibility index (Phi) is 5.59. The summed E-state index contributed by atoms with van der Waals surface area (Å²) in [7, 11) is 3.24. The first-order valence-corrected chi connectivity index (χ1v) is 6.88. The molecule has 0 spiro atoms. The maximum Gasteiger partial charge on any atom is 0.161 e. The monoisotopic (exact) mass is 300 g/mol. The van der Waals surface area contributed by atoms with Gasteiger partial charge in [-0.15, -0.1) is 6.58 Å². The zero-order valence-corrected chi connectivity index (χ0v) is 12.8. The van der Waals surface area contributed by atoms with Crippen LogP contribution in [0.25, 0.3) is 0 Å². The van der Waals surface area contributed by atoms with Crippen molar-refractivity contribution >= 4 is 11.6 Å². The molecule has 6 heteroatoms. The number of nitrogens with one attached hydrogen (secondary N) is 2. The summed E-state index contributed by atoms with van der Waals surface area (Å²) in [5.41, 5.74) is 1.07. The van der Waals surface area contributed by atoms with E-state index in [-0.39, 0.29) is 0 Å². The first-order valence-electron chi connectivity index (χ1n) is 6.88. The average Bonchev–Trinajstić information content (AvgIpc) is 2.58. The predicted octanol–water partition coefficient (Wildman–Crippen LogP) is 2.70. The molecule has 0 radical (unpaired) electrons. The van der Waals surface area contributed by atoms with Gasteiger partial charge >= 0.3 is 0 Å². The minimum absolute atomic E-state index is 0.623. The smallest absolute Gasteiger partial charge is 0.161 e. The first-order chi connectivity index (χ1) is 10.8. The molecule has 1 heterocycles. The molecule has 2 rings (SSSR count). The van der Waals surface area contributed by atoms with Crippen molar-refractivity contribution in [3.05, 3.63) is 48.8 Å². The molecule has 0 aliphatic rings. The van der Waals surface area contributed by atoms with E-state index in [0.29, 0.717) is 24.6 Å². The minimum Gasteiger partial charge on any atom is -0.493 e. The van der Waals surface area contributed by atoms with Crippen molar-refractivity contribution in [1.82, 2.24) is 9.97 Å². The fourth-order valence-corrected chi connectivity index (χ4v) is 1.91. The summed E-state index contributed by atoms with van der Waals surface area (Å²) in [6, 6.07) is 7.65. The summed E-state index contributed by atoms with van der Waals surface area (Å²) in [5, 5.41) is 6.37. The molecule has 116 valence electrons. The second-order valence-corrected chi connectivity index (χ2v) is 4.50. The normalized spacial score (nSPS) is 9.91. The van der Waals surface area contributed by atoms with Crippen molar-refractivity contribution in [3.8, 4) is 11.5 Å². The summed E-state index contributed by atoms with van der Waals surface area (Å²) < 4.78 is 10.5. The SMILES string of the molecule is C=CCNc1cc(NCc2ccc(OC)c(OC)c2)ncn1. The van der Waals surface area contributed by atoms with Crippen LogP contribution < -0.4 is 20.1 Å². The standard InChI is InChI=1S/C16H20N4O2/c1-4-7-17-15-9-16(20-11-19-15)18-10-12-5-6-13(21-2)14(8-12)22-3/h4-6,8-9,11H,1,7,10H2,2-3H3,(H2,17,18,19,20). The van der Waals surface area contributed by atoms with Gasteiger partial charge < -0.3 is 20.1 Å². The van der Waals surface area contributed by atoms with Gasteiger partial charge in [0, 0.05) is 19.2 Å². The van der Waals surface area contributed by atoms with Gasteiger partial charge in [-0.05, 0) is 17.7 Å². The third-order valence-electron chi connectivity index (χ3n) is 3.02. The maximum atomic E-state index is 5.29. The van der Waals surface area contributed by atoms with E-state index in [4.69, 9.17) is 9.47 Å². The Bertz CT molecular complexity index is 631. The van der Waals surface area contributed by atoms with Crippen LogP contribution >= 0.6 is 0 Å². The Morgan fingerprint density at radius 2 is 1.77 bits per heavy atom. The van der Waals surface area contributed by atoms with Crippen molar-refractivity contribution in [1.29, 1.82) is 0 Å². The van der Waals surface area contributed by atoms with E-state index in [2.05, 4.69) is 27.2 Å². The van der Waals surface area contributed by atoms with Gasteiger partial charge in [0.1, 0.15) is 18.0 Å². The highest BCUT2D eigenvalue weighted by atomic mass is 16.5. The van der Waals surface area contributed by atoms with Crippen LogP contribution in [0, 0.1) is 0 Å². The summed E-state index contributed by atoms with van der Waals surface area (Å²) >= 11 is 0. The lowest BCUT2D eigenvalue weighted by molar-refractivity contribution is 0.354. The van der Waals surface area contributed by atoms with E-state index in [1.807, 2.05) is 24.3 Å². The minimum atomic E-state index is 0.623. The molecule has 0 atom stereocenters. The van der Waals surface area contributed by atoms with Crippen molar-refractivity contribution in [2.45, 2.75) is 6.54 Å². The maximum absolute atomic E-state index is 5.29.